The predicted octanol–water partition coefficient (Wildman–Crippen LogP) is 6.16. The molecule has 1 saturated heterocycles. The maximum Gasteiger partial charge on any atom is 0.0368 e. The van der Waals surface area contributed by atoms with Gasteiger partial charge in [-0.15, -0.1) is 0 Å². The first kappa shape index (κ1) is 25.8. The van der Waals surface area contributed by atoms with E-state index in [9.17, 15) is 0 Å². The molecule has 0 saturated carbocycles. The van der Waals surface area contributed by atoms with Crippen molar-refractivity contribution in [2.45, 2.75) is 78.3 Å². The Labute approximate surface area is 203 Å². The molecule has 0 aliphatic carbocycles. The minimum absolute atomic E-state index is 0.307. The zero-order chi connectivity index (χ0) is 23.6. The fourth-order valence-electron chi connectivity index (χ4n) is 5.13. The average molecular weight is 450 g/mol. The molecule has 3 nitrogen and oxygen atoms in total. The van der Waals surface area contributed by atoms with Crippen molar-refractivity contribution in [3.05, 3.63) is 65.7 Å². The van der Waals surface area contributed by atoms with Crippen molar-refractivity contribution in [1.82, 2.24) is 4.90 Å². The van der Waals surface area contributed by atoms with Crippen LogP contribution in [0.1, 0.15) is 64.5 Å². The topological polar surface area (TPSA) is 32.5 Å². The number of piperidine rings is 1. The number of aryl methyl sites for hydroxylation is 2. The van der Waals surface area contributed by atoms with Crippen molar-refractivity contribution < 1.29 is 0 Å². The Hall–Kier alpha value is -1.84. The molecule has 2 N–H and O–H groups in total. The summed E-state index contributed by atoms with van der Waals surface area (Å²) in [6.45, 7) is 13.8. The number of rotatable bonds is 12. The fraction of sp³-hybridized carbons (Fsp3) is 0.600. The summed E-state index contributed by atoms with van der Waals surface area (Å²) >= 11 is 0. The maximum absolute atomic E-state index is 6.40. The van der Waals surface area contributed by atoms with E-state index in [1.165, 1.54) is 49.2 Å². The maximum atomic E-state index is 6.40. The second-order valence-corrected chi connectivity index (χ2v) is 10.9. The van der Waals surface area contributed by atoms with Crippen LogP contribution in [0, 0.1) is 11.8 Å². The zero-order valence-corrected chi connectivity index (χ0v) is 21.5. The van der Waals surface area contributed by atoms with E-state index < -0.39 is 0 Å². The third-order valence-electron chi connectivity index (χ3n) is 7.03. The third-order valence-corrected chi connectivity index (χ3v) is 7.03. The van der Waals surface area contributed by atoms with E-state index in [1.54, 1.807) is 0 Å². The molecule has 1 aliphatic rings. The summed E-state index contributed by atoms with van der Waals surface area (Å²) in [6, 6.07) is 21.2. The van der Waals surface area contributed by atoms with Gasteiger partial charge < -0.3 is 15.5 Å². The number of benzene rings is 2. The molecule has 0 spiro atoms. The van der Waals surface area contributed by atoms with E-state index in [4.69, 9.17) is 5.73 Å². The number of anilines is 1. The lowest BCUT2D eigenvalue weighted by Crippen LogP contribution is -2.48. The molecule has 1 atom stereocenters. The van der Waals surface area contributed by atoms with Crippen LogP contribution in [0.5, 0.6) is 0 Å². The van der Waals surface area contributed by atoms with E-state index in [2.05, 4.69) is 92.1 Å². The van der Waals surface area contributed by atoms with Gasteiger partial charge in [0.05, 0.1) is 0 Å². The summed E-state index contributed by atoms with van der Waals surface area (Å²) in [4.78, 5) is 5.29. The van der Waals surface area contributed by atoms with Gasteiger partial charge >= 0.3 is 0 Å². The van der Waals surface area contributed by atoms with Crippen molar-refractivity contribution in [2.75, 3.05) is 31.1 Å². The van der Waals surface area contributed by atoms with Gasteiger partial charge in [0.1, 0.15) is 0 Å². The van der Waals surface area contributed by atoms with Gasteiger partial charge in [0.2, 0.25) is 0 Å². The molecule has 33 heavy (non-hydrogen) atoms. The van der Waals surface area contributed by atoms with E-state index in [-0.39, 0.29) is 0 Å². The molecule has 0 aromatic heterocycles. The quantitative estimate of drug-likeness (QED) is 0.421. The van der Waals surface area contributed by atoms with Crippen LogP contribution < -0.4 is 10.6 Å². The van der Waals surface area contributed by atoms with Gasteiger partial charge in [-0.25, -0.2) is 0 Å². The highest BCUT2D eigenvalue weighted by atomic mass is 15.2. The van der Waals surface area contributed by atoms with Crippen molar-refractivity contribution in [3.8, 4) is 0 Å². The minimum Gasteiger partial charge on any atom is -0.368 e. The molecule has 3 rings (SSSR count). The highest BCUT2D eigenvalue weighted by Gasteiger charge is 2.26. The Bertz CT molecular complexity index is 776. The summed E-state index contributed by atoms with van der Waals surface area (Å²) in [7, 11) is 0. The van der Waals surface area contributed by atoms with Gasteiger partial charge in [0.15, 0.2) is 0 Å². The van der Waals surface area contributed by atoms with E-state index in [0.29, 0.717) is 18.0 Å². The van der Waals surface area contributed by atoms with Crippen LogP contribution in [-0.4, -0.2) is 43.2 Å². The lowest BCUT2D eigenvalue weighted by atomic mass is 9.98. The summed E-state index contributed by atoms with van der Waals surface area (Å²) in [5.41, 5.74) is 10.6. The van der Waals surface area contributed by atoms with E-state index in [0.717, 1.165) is 38.3 Å². The summed E-state index contributed by atoms with van der Waals surface area (Å²) in [5, 5.41) is 0. The van der Waals surface area contributed by atoms with Gasteiger partial charge in [0.25, 0.3) is 0 Å². The lowest BCUT2D eigenvalue weighted by molar-refractivity contribution is 0.191. The van der Waals surface area contributed by atoms with Crippen molar-refractivity contribution in [1.29, 1.82) is 0 Å². The molecule has 0 amide bonds. The molecule has 3 heteroatoms. The first-order valence-corrected chi connectivity index (χ1v) is 13.3. The molecule has 1 fully saturated rings. The van der Waals surface area contributed by atoms with Gasteiger partial charge in [-0.05, 0) is 73.6 Å². The summed E-state index contributed by atoms with van der Waals surface area (Å²) < 4.78 is 0. The van der Waals surface area contributed by atoms with Crippen LogP contribution in [0.2, 0.25) is 0 Å². The predicted molar refractivity (Wildman–Crippen MR) is 144 cm³/mol. The van der Waals surface area contributed by atoms with Crippen LogP contribution in [-0.2, 0) is 12.8 Å². The molecular weight excluding hydrogens is 402 g/mol. The Morgan fingerprint density at radius 1 is 0.848 bits per heavy atom. The highest BCUT2D eigenvalue weighted by molar-refractivity contribution is 5.49. The van der Waals surface area contributed by atoms with Gasteiger partial charge in [-0.2, -0.15) is 0 Å². The van der Waals surface area contributed by atoms with Crippen molar-refractivity contribution in [2.24, 2.45) is 17.6 Å². The Morgan fingerprint density at radius 2 is 1.45 bits per heavy atom. The molecule has 0 radical (unpaired) electrons. The first-order valence-electron chi connectivity index (χ1n) is 13.3. The number of nitrogens with zero attached hydrogens (tertiary/aromatic N) is 2. The van der Waals surface area contributed by atoms with Crippen molar-refractivity contribution in [3.63, 3.8) is 0 Å². The second kappa shape index (κ2) is 13.2. The smallest absolute Gasteiger partial charge is 0.0368 e. The van der Waals surface area contributed by atoms with Crippen LogP contribution in [0.15, 0.2) is 54.6 Å². The largest absolute Gasteiger partial charge is 0.368 e. The van der Waals surface area contributed by atoms with Crippen LogP contribution >= 0.6 is 0 Å². The molecule has 182 valence electrons. The first-order chi connectivity index (χ1) is 15.9. The molecule has 1 aliphatic heterocycles. The zero-order valence-electron chi connectivity index (χ0n) is 21.5. The fourth-order valence-corrected chi connectivity index (χ4v) is 5.13. The van der Waals surface area contributed by atoms with Crippen molar-refractivity contribution >= 4 is 5.69 Å². The summed E-state index contributed by atoms with van der Waals surface area (Å²) in [6.07, 6.45) is 7.05. The molecule has 0 bridgehead atoms. The Balaban J connectivity index is 1.58. The second-order valence-electron chi connectivity index (χ2n) is 10.9. The molecule has 1 unspecified atom stereocenters. The number of nitrogens with two attached hydrogens (primary N) is 1. The third kappa shape index (κ3) is 8.79. The SMILES string of the molecule is CC(C)CCN(c1ccc(CCc2ccccc2)cc1)C1CCN(CC(N)CC(C)C)CC1. The normalized spacial score (nSPS) is 16.5. The van der Waals surface area contributed by atoms with Gasteiger partial charge in [0, 0.05) is 44.0 Å². The standard InChI is InChI=1S/C30H47N3/c1-24(2)16-21-33(30-17-19-32(20-18-30)23-28(31)22-25(3)4)29-14-12-27(13-15-29)11-10-26-8-6-5-7-9-26/h5-9,12-15,24-25,28,30H,10-11,16-23,31H2,1-4H3. The Kier molecular flexibility index (Phi) is 10.3. The number of hydrogen-bond acceptors (Lipinski definition) is 3. The number of likely N-dealkylation sites (tertiary alicyclic amines) is 1. The minimum atomic E-state index is 0.307. The Morgan fingerprint density at radius 3 is 2.03 bits per heavy atom. The van der Waals surface area contributed by atoms with Gasteiger partial charge in [-0.3, -0.25) is 0 Å². The van der Waals surface area contributed by atoms with E-state index in [1.807, 2.05) is 0 Å². The molecule has 1 heterocycles. The van der Waals surface area contributed by atoms with Crippen LogP contribution in [0.3, 0.4) is 0 Å². The number of hydrogen-bond donors (Lipinski definition) is 1. The van der Waals surface area contributed by atoms with E-state index >= 15 is 0 Å². The highest BCUT2D eigenvalue weighted by Crippen LogP contribution is 2.26. The average Bonchev–Trinajstić information content (AvgIpc) is 2.79. The van der Waals surface area contributed by atoms with Crippen LogP contribution in [0.25, 0.3) is 0 Å². The van der Waals surface area contributed by atoms with Gasteiger partial charge in [-0.1, -0.05) is 70.2 Å². The summed E-state index contributed by atoms with van der Waals surface area (Å²) in [5.74, 6) is 1.41. The monoisotopic (exact) mass is 449 g/mol. The molecule has 2 aromatic carbocycles. The van der Waals surface area contributed by atoms with Crippen LogP contribution in [0.4, 0.5) is 5.69 Å². The molecular formula is C30H47N3. The lowest BCUT2D eigenvalue weighted by Gasteiger charge is -2.41. The molecule has 2 aromatic rings.